The molecule has 2 nitrogen and oxygen atoms in total. The predicted molar refractivity (Wildman–Crippen MR) is 108 cm³/mol. The SMILES string of the molecule is CC(C)=O.CCO.ClC(Cl)(Cl)Cl.ClC(Cl)Cl.ClCC(Cl)(Cl)Cl. The number of hydrogen-bond donors (Lipinski definition) is 1. The Labute approximate surface area is 186 Å². The standard InChI is InChI=1S/C3H6O.C2H2Cl4.C2H6O.CCl4.CHCl3/c1-3(2)4;3-1-2(4,5)6;1-2-3;2-1(3,4)5;2-1(3)4/h1-2H3;1H2;3H,2H2,1H3;;1H. The van der Waals surface area contributed by atoms with Crippen molar-refractivity contribution >= 4 is 133 Å². The third-order valence-electron chi connectivity index (χ3n) is 0.152. The van der Waals surface area contributed by atoms with E-state index in [1.54, 1.807) is 6.92 Å². The molecule has 0 saturated carbocycles. The number of carbonyl (C=O) groups excluding carboxylic acids is 1. The Bertz CT molecular complexity index is 200. The molecule has 0 aliphatic rings. The van der Waals surface area contributed by atoms with Crippen LogP contribution in [0.5, 0.6) is 0 Å². The van der Waals surface area contributed by atoms with E-state index in [1.807, 2.05) is 0 Å². The van der Waals surface area contributed by atoms with Crippen molar-refractivity contribution in [3.05, 3.63) is 0 Å². The minimum absolute atomic E-state index is 0.0394. The van der Waals surface area contributed by atoms with E-state index in [1.165, 1.54) is 13.8 Å². The van der Waals surface area contributed by atoms with Gasteiger partial charge in [0.25, 0.3) is 3.25 Å². The van der Waals surface area contributed by atoms with Crippen molar-refractivity contribution in [1.29, 1.82) is 0 Å². The molecule has 0 aromatic rings. The molecule has 0 amide bonds. The van der Waals surface area contributed by atoms with Crippen LogP contribution in [0, 0.1) is 0 Å². The third-order valence-corrected chi connectivity index (χ3v) is 1.36. The van der Waals surface area contributed by atoms with Crippen molar-refractivity contribution in [2.45, 2.75) is 32.1 Å². The molecule has 0 spiro atoms. The fraction of sp³-hybridized carbons (Fsp3) is 0.889. The van der Waals surface area contributed by atoms with E-state index in [9.17, 15) is 4.79 Å². The van der Waals surface area contributed by atoms with Gasteiger partial charge < -0.3 is 9.90 Å². The van der Waals surface area contributed by atoms with E-state index in [-0.39, 0.29) is 18.3 Å². The molecule has 0 saturated heterocycles. The van der Waals surface area contributed by atoms with Gasteiger partial charge in [0.1, 0.15) is 5.78 Å². The van der Waals surface area contributed by atoms with Crippen molar-refractivity contribution in [3.8, 4) is 0 Å². The molecule has 13 heteroatoms. The van der Waals surface area contributed by atoms with Gasteiger partial charge in [-0.05, 0) is 20.8 Å². The lowest BCUT2D eigenvalue weighted by atomic mass is 10.6. The minimum atomic E-state index is -1.61. The van der Waals surface area contributed by atoms with Crippen LogP contribution < -0.4 is 0 Å². The van der Waals surface area contributed by atoms with E-state index in [0.29, 0.717) is 0 Å². The lowest BCUT2D eigenvalue weighted by Gasteiger charge is -2.00. The van der Waals surface area contributed by atoms with Crippen molar-refractivity contribution in [2.24, 2.45) is 0 Å². The summed E-state index contributed by atoms with van der Waals surface area (Å²) in [5.41, 5.74) is 0. The van der Waals surface area contributed by atoms with E-state index < -0.39 is 11.3 Å². The number of rotatable bonds is 0. The van der Waals surface area contributed by atoms with Crippen molar-refractivity contribution in [2.75, 3.05) is 12.5 Å². The summed E-state index contributed by atoms with van der Waals surface area (Å²) >= 11 is 54.2. The van der Waals surface area contributed by atoms with Crippen LogP contribution in [-0.2, 0) is 4.79 Å². The Morgan fingerprint density at radius 1 is 0.955 bits per heavy atom. The maximum absolute atomic E-state index is 9.44. The number of hydrogen-bond acceptors (Lipinski definition) is 2. The van der Waals surface area contributed by atoms with Crippen LogP contribution in [0.3, 0.4) is 0 Å². The monoisotopic (exact) mass is 540 g/mol. The molecule has 0 aromatic carbocycles. The van der Waals surface area contributed by atoms with Crippen molar-refractivity contribution < 1.29 is 9.90 Å². The van der Waals surface area contributed by atoms with Crippen LogP contribution in [0.1, 0.15) is 20.8 Å². The van der Waals surface area contributed by atoms with Crippen LogP contribution in [-0.4, -0.2) is 34.7 Å². The molecule has 0 radical (unpaired) electrons. The van der Waals surface area contributed by atoms with Crippen LogP contribution in [0.2, 0.25) is 0 Å². The zero-order chi connectivity index (χ0) is 19.6. The summed E-state index contributed by atoms with van der Waals surface area (Å²) in [4.78, 5) is 9.44. The maximum Gasteiger partial charge on any atom is 0.266 e. The summed E-state index contributed by atoms with van der Waals surface area (Å²) in [6.07, 6.45) is 0. The Morgan fingerprint density at radius 3 is 1.00 bits per heavy atom. The predicted octanol–water partition coefficient (Wildman–Crippen LogP) is 7.73. The second-order valence-corrected chi connectivity index (χ2v) is 10.8. The van der Waals surface area contributed by atoms with Gasteiger partial charge in [-0.1, -0.05) is 116 Å². The normalized spacial score (nSPS) is 9.64. The van der Waals surface area contributed by atoms with Crippen LogP contribution in [0.15, 0.2) is 0 Å². The van der Waals surface area contributed by atoms with Gasteiger partial charge in [0.05, 0.1) is 5.88 Å². The molecule has 0 rings (SSSR count). The van der Waals surface area contributed by atoms with Crippen molar-refractivity contribution in [3.63, 3.8) is 0 Å². The summed E-state index contributed by atoms with van der Waals surface area (Å²) < 4.78 is -3.64. The molecule has 1 N–H and O–H groups in total. The van der Waals surface area contributed by atoms with Gasteiger partial charge >= 0.3 is 0 Å². The number of aliphatic hydroxyl groups excluding tert-OH is 1. The Morgan fingerprint density at radius 2 is 1.00 bits per heavy atom. The number of alkyl halides is 11. The summed E-state index contributed by atoms with van der Waals surface area (Å²) in [6.45, 7) is 4.99. The summed E-state index contributed by atoms with van der Waals surface area (Å²) in [5, 5.41) is 7.57. The Kier molecular flexibility index (Phi) is 38.8. The largest absolute Gasteiger partial charge is 0.397 e. The molecule has 0 fully saturated rings. The molecule has 140 valence electrons. The average molecular weight is 545 g/mol. The number of ketones is 1. The average Bonchev–Trinajstić information content (AvgIpc) is 2.12. The van der Waals surface area contributed by atoms with Gasteiger partial charge in [0.15, 0.2) is 4.30 Å². The zero-order valence-corrected chi connectivity index (χ0v) is 19.8. The van der Waals surface area contributed by atoms with E-state index in [2.05, 4.69) is 0 Å². The maximum atomic E-state index is 9.44. The van der Waals surface area contributed by atoms with Gasteiger partial charge in [-0.2, -0.15) is 0 Å². The molecule has 0 unspecified atom stereocenters. The lowest BCUT2D eigenvalue weighted by Crippen LogP contribution is -2.01. The molecule has 0 bridgehead atoms. The zero-order valence-electron chi connectivity index (χ0n) is 11.5. The molecule has 0 atom stereocenters. The molecular weight excluding hydrogens is 530 g/mol. The van der Waals surface area contributed by atoms with Crippen LogP contribution in [0.4, 0.5) is 0 Å². The first-order chi connectivity index (χ1) is 9.44. The summed E-state index contributed by atoms with van der Waals surface area (Å²) in [7, 11) is 0. The highest BCUT2D eigenvalue weighted by Crippen LogP contribution is 2.29. The third kappa shape index (κ3) is 321. The molecule has 22 heavy (non-hydrogen) atoms. The van der Waals surface area contributed by atoms with Gasteiger partial charge in [-0.15, -0.1) is 11.6 Å². The smallest absolute Gasteiger partial charge is 0.266 e. The highest BCUT2D eigenvalue weighted by Gasteiger charge is 2.16. The first kappa shape index (κ1) is 35.8. The van der Waals surface area contributed by atoms with Crippen LogP contribution in [0.25, 0.3) is 0 Å². The molecular formula is C9H15Cl11O2. The van der Waals surface area contributed by atoms with Crippen LogP contribution >= 0.6 is 128 Å². The second-order valence-electron chi connectivity index (χ2n) is 2.65. The number of carbonyl (C=O) groups is 1. The molecule has 0 aromatic heterocycles. The Hall–Kier alpha value is 2.82. The topological polar surface area (TPSA) is 37.3 Å². The Balaban J connectivity index is -0.0000000559. The highest BCUT2D eigenvalue weighted by atomic mass is 35.6. The van der Waals surface area contributed by atoms with Gasteiger partial charge in [-0.3, -0.25) is 0 Å². The number of Topliss-reactive ketones (excluding diaryl/α,β-unsaturated/α-hetero) is 1. The number of halogens is 11. The molecule has 0 aliphatic carbocycles. The van der Waals surface area contributed by atoms with E-state index in [4.69, 9.17) is 133 Å². The molecule has 0 heterocycles. The van der Waals surface area contributed by atoms with Gasteiger partial charge in [-0.25, -0.2) is 0 Å². The fourth-order valence-electron chi connectivity index (χ4n) is 0. The van der Waals surface area contributed by atoms with E-state index >= 15 is 0 Å². The van der Waals surface area contributed by atoms with Gasteiger partial charge in [0.2, 0.25) is 3.79 Å². The van der Waals surface area contributed by atoms with Crippen molar-refractivity contribution in [1.82, 2.24) is 0 Å². The minimum Gasteiger partial charge on any atom is -0.397 e. The quantitative estimate of drug-likeness (QED) is 0.317. The lowest BCUT2D eigenvalue weighted by molar-refractivity contribution is -0.114. The van der Waals surface area contributed by atoms with E-state index in [0.717, 1.165) is 0 Å². The fourth-order valence-corrected chi connectivity index (χ4v) is 0. The van der Waals surface area contributed by atoms with Gasteiger partial charge in [0, 0.05) is 6.61 Å². The summed E-state index contributed by atoms with van der Waals surface area (Å²) in [6, 6.07) is 0. The number of aliphatic hydroxyl groups is 1. The summed E-state index contributed by atoms with van der Waals surface area (Å²) in [5.74, 6) is 0.206. The molecule has 0 aliphatic heterocycles. The second kappa shape index (κ2) is 23.8. The first-order valence-corrected chi connectivity index (χ1v) is 9.32. The first-order valence-electron chi connectivity index (χ1n) is 4.83. The highest BCUT2D eigenvalue weighted by molar-refractivity contribution is 6.83.